The van der Waals surface area contributed by atoms with Crippen molar-refractivity contribution in [3.05, 3.63) is 29.8 Å². The van der Waals surface area contributed by atoms with Crippen LogP contribution in [0.4, 0.5) is 0 Å². The SMILES string of the molecule is CCOC(=O)C1CCCC[N+]1(C)CCC(C)(C)OCC(C)COc1ccc(C(C)(C)CC(C)(C)C)cc1. The van der Waals surface area contributed by atoms with Crippen molar-refractivity contribution >= 4 is 5.97 Å². The molecule has 1 aromatic carbocycles. The van der Waals surface area contributed by atoms with Crippen LogP contribution >= 0.6 is 0 Å². The van der Waals surface area contributed by atoms with E-state index < -0.39 is 0 Å². The van der Waals surface area contributed by atoms with Gasteiger partial charge in [0, 0.05) is 18.8 Å². The van der Waals surface area contributed by atoms with Crippen molar-refractivity contribution in [2.45, 2.75) is 111 Å². The van der Waals surface area contributed by atoms with Gasteiger partial charge in [0.25, 0.3) is 0 Å². The Bertz CT molecular complexity index is 839. The number of hydrogen-bond donors (Lipinski definition) is 0. The molecule has 212 valence electrons. The molecule has 1 aliphatic rings. The molecule has 1 saturated heterocycles. The number of carbonyl (C=O) groups is 1. The molecule has 1 aromatic rings. The van der Waals surface area contributed by atoms with Crippen LogP contribution < -0.4 is 4.74 Å². The highest BCUT2D eigenvalue weighted by atomic mass is 16.5. The van der Waals surface area contributed by atoms with Crippen molar-refractivity contribution in [2.75, 3.05) is 40.0 Å². The molecule has 3 unspecified atom stereocenters. The molecule has 0 N–H and O–H groups in total. The van der Waals surface area contributed by atoms with Crippen LogP contribution in [0.25, 0.3) is 0 Å². The topological polar surface area (TPSA) is 44.8 Å². The maximum absolute atomic E-state index is 12.6. The molecule has 0 bridgehead atoms. The second kappa shape index (κ2) is 13.0. The lowest BCUT2D eigenvalue weighted by Gasteiger charge is -2.44. The molecular weight excluding hydrogens is 462 g/mol. The zero-order chi connectivity index (χ0) is 27.9. The van der Waals surface area contributed by atoms with E-state index in [4.69, 9.17) is 14.2 Å². The molecule has 0 amide bonds. The summed E-state index contributed by atoms with van der Waals surface area (Å²) in [6, 6.07) is 8.56. The minimum Gasteiger partial charge on any atom is -0.493 e. The van der Waals surface area contributed by atoms with Crippen LogP contribution in [0, 0.1) is 11.3 Å². The average molecular weight is 519 g/mol. The smallest absolute Gasteiger partial charge is 0.364 e. The van der Waals surface area contributed by atoms with Crippen LogP contribution in [-0.4, -0.2) is 62.1 Å². The van der Waals surface area contributed by atoms with Crippen molar-refractivity contribution in [1.82, 2.24) is 0 Å². The lowest BCUT2D eigenvalue weighted by molar-refractivity contribution is -0.930. The Balaban J connectivity index is 1.82. The largest absolute Gasteiger partial charge is 0.493 e. The first kappa shape index (κ1) is 31.6. The number of hydrogen-bond acceptors (Lipinski definition) is 4. The quantitative estimate of drug-likeness (QED) is 0.205. The van der Waals surface area contributed by atoms with E-state index in [0.29, 0.717) is 19.8 Å². The Morgan fingerprint density at radius 2 is 1.68 bits per heavy atom. The van der Waals surface area contributed by atoms with Crippen LogP contribution in [-0.2, 0) is 19.7 Å². The summed E-state index contributed by atoms with van der Waals surface area (Å²) in [5, 5.41) is 0. The van der Waals surface area contributed by atoms with Gasteiger partial charge in [-0.2, -0.15) is 0 Å². The Kier molecular flexibility index (Phi) is 11.1. The molecule has 1 fully saturated rings. The van der Waals surface area contributed by atoms with Gasteiger partial charge in [-0.15, -0.1) is 0 Å². The number of ether oxygens (including phenoxy) is 3. The molecule has 5 heteroatoms. The normalized spacial score (nSPS) is 21.9. The fraction of sp³-hybridized carbons (Fsp3) is 0.781. The summed E-state index contributed by atoms with van der Waals surface area (Å²) in [5.41, 5.74) is 1.51. The number of carbonyl (C=O) groups excluding carboxylic acids is 1. The monoisotopic (exact) mass is 518 g/mol. The lowest BCUT2D eigenvalue weighted by atomic mass is 9.72. The predicted octanol–water partition coefficient (Wildman–Crippen LogP) is 7.16. The predicted molar refractivity (Wildman–Crippen MR) is 153 cm³/mol. The zero-order valence-electron chi connectivity index (χ0n) is 25.6. The molecule has 0 saturated carbocycles. The molecule has 2 rings (SSSR count). The van der Waals surface area contributed by atoms with E-state index in [9.17, 15) is 4.79 Å². The Morgan fingerprint density at radius 3 is 2.27 bits per heavy atom. The number of benzene rings is 1. The van der Waals surface area contributed by atoms with Crippen LogP contribution in [0.15, 0.2) is 24.3 Å². The molecular formula is C32H56NO4+. The van der Waals surface area contributed by atoms with Gasteiger partial charge in [-0.25, -0.2) is 4.79 Å². The fourth-order valence-electron chi connectivity index (χ4n) is 5.84. The summed E-state index contributed by atoms with van der Waals surface area (Å²) in [7, 11) is 2.21. The second-order valence-corrected chi connectivity index (χ2v) is 14.1. The molecule has 0 radical (unpaired) electrons. The van der Waals surface area contributed by atoms with E-state index in [0.717, 1.165) is 55.4 Å². The summed E-state index contributed by atoms with van der Waals surface area (Å²) in [5.74, 6) is 1.15. The summed E-state index contributed by atoms with van der Waals surface area (Å²) in [4.78, 5) is 12.6. The minimum atomic E-state index is -0.257. The number of likely N-dealkylation sites (N-methyl/N-ethyl adjacent to an activating group) is 1. The van der Waals surface area contributed by atoms with Gasteiger partial charge in [0.2, 0.25) is 0 Å². The lowest BCUT2D eigenvalue weighted by Crippen LogP contribution is -2.60. The Morgan fingerprint density at radius 1 is 1.03 bits per heavy atom. The molecule has 1 aliphatic heterocycles. The Labute approximate surface area is 227 Å². The summed E-state index contributed by atoms with van der Waals surface area (Å²) in [6.45, 7) is 23.6. The molecule has 0 aromatic heterocycles. The van der Waals surface area contributed by atoms with Crippen molar-refractivity contribution in [3.8, 4) is 5.75 Å². The van der Waals surface area contributed by atoms with Crippen molar-refractivity contribution < 1.29 is 23.5 Å². The van der Waals surface area contributed by atoms with Gasteiger partial charge in [-0.05, 0) is 68.6 Å². The number of nitrogens with zero attached hydrogens (tertiary/aromatic N) is 1. The van der Waals surface area contributed by atoms with Gasteiger partial charge >= 0.3 is 5.97 Å². The third-order valence-corrected chi connectivity index (χ3v) is 7.83. The third-order valence-electron chi connectivity index (χ3n) is 7.83. The van der Waals surface area contributed by atoms with Gasteiger partial charge in [0.1, 0.15) is 5.75 Å². The molecule has 3 atom stereocenters. The van der Waals surface area contributed by atoms with Crippen LogP contribution in [0.5, 0.6) is 5.75 Å². The van der Waals surface area contributed by atoms with E-state index >= 15 is 0 Å². The summed E-state index contributed by atoms with van der Waals surface area (Å²) >= 11 is 0. The average Bonchev–Trinajstić information content (AvgIpc) is 2.79. The molecule has 1 heterocycles. The first-order chi connectivity index (χ1) is 17.1. The summed E-state index contributed by atoms with van der Waals surface area (Å²) < 4.78 is 18.6. The minimum absolute atomic E-state index is 0.0417. The van der Waals surface area contributed by atoms with E-state index in [1.54, 1.807) is 0 Å². The van der Waals surface area contributed by atoms with Crippen LogP contribution in [0.2, 0.25) is 0 Å². The van der Waals surface area contributed by atoms with E-state index in [2.05, 4.69) is 86.7 Å². The van der Waals surface area contributed by atoms with Gasteiger partial charge < -0.3 is 18.7 Å². The van der Waals surface area contributed by atoms with E-state index in [-0.39, 0.29) is 34.4 Å². The van der Waals surface area contributed by atoms with Crippen LogP contribution in [0.1, 0.15) is 100.0 Å². The summed E-state index contributed by atoms with van der Waals surface area (Å²) in [6.07, 6.45) is 5.22. The van der Waals surface area contributed by atoms with Gasteiger partial charge in [0.15, 0.2) is 6.04 Å². The number of esters is 1. The van der Waals surface area contributed by atoms with Crippen molar-refractivity contribution in [1.29, 1.82) is 0 Å². The number of likely N-dealkylation sites (tertiary alicyclic amines) is 1. The maximum atomic E-state index is 12.6. The maximum Gasteiger partial charge on any atom is 0.364 e. The van der Waals surface area contributed by atoms with Gasteiger partial charge in [-0.1, -0.05) is 53.7 Å². The fourth-order valence-corrected chi connectivity index (χ4v) is 5.84. The van der Waals surface area contributed by atoms with Crippen LogP contribution in [0.3, 0.4) is 0 Å². The number of piperidine rings is 1. The first-order valence-corrected chi connectivity index (χ1v) is 14.5. The molecule has 0 aliphatic carbocycles. The van der Waals surface area contributed by atoms with Gasteiger partial charge in [-0.3, -0.25) is 0 Å². The number of quaternary nitrogens is 1. The highest BCUT2D eigenvalue weighted by molar-refractivity contribution is 5.74. The highest BCUT2D eigenvalue weighted by Gasteiger charge is 2.42. The third kappa shape index (κ3) is 10.2. The van der Waals surface area contributed by atoms with Gasteiger partial charge in [0.05, 0.1) is 45.6 Å². The zero-order valence-corrected chi connectivity index (χ0v) is 25.6. The molecule has 0 spiro atoms. The Hall–Kier alpha value is -1.59. The second-order valence-electron chi connectivity index (χ2n) is 14.1. The first-order valence-electron chi connectivity index (χ1n) is 14.5. The molecule has 5 nitrogen and oxygen atoms in total. The van der Waals surface area contributed by atoms with E-state index in [1.807, 2.05) is 6.92 Å². The standard InChI is InChI=1S/C32H56NO4/c1-11-35-29(34)28-14-12-13-20-33(28,10)21-19-32(8,9)37-23-25(2)22-36-27-17-15-26(16-18-27)31(6,7)24-30(3,4)5/h15-18,25,28H,11-14,19-24H2,1-10H3/q+1. The van der Waals surface area contributed by atoms with E-state index in [1.165, 1.54) is 5.56 Å². The van der Waals surface area contributed by atoms with Crippen molar-refractivity contribution in [2.24, 2.45) is 11.3 Å². The highest BCUT2D eigenvalue weighted by Crippen LogP contribution is 2.36. The molecule has 37 heavy (non-hydrogen) atoms. The number of rotatable bonds is 13. The van der Waals surface area contributed by atoms with Crippen molar-refractivity contribution in [3.63, 3.8) is 0 Å².